The van der Waals surface area contributed by atoms with Crippen molar-refractivity contribution < 1.29 is 0 Å². The van der Waals surface area contributed by atoms with Crippen LogP contribution in [0.1, 0.15) is 11.1 Å². The summed E-state index contributed by atoms with van der Waals surface area (Å²) < 4.78 is 1.10. The minimum Gasteiger partial charge on any atom is -0.326 e. The Balaban J connectivity index is 2.44. The largest absolute Gasteiger partial charge is 0.326 e. The lowest BCUT2D eigenvalue weighted by molar-refractivity contribution is 1.07. The Morgan fingerprint density at radius 2 is 1.75 bits per heavy atom. The highest BCUT2D eigenvalue weighted by Crippen LogP contribution is 2.25. The molecule has 2 heteroatoms. The molecule has 0 fully saturated rings. The molecule has 2 aromatic rings. The summed E-state index contributed by atoms with van der Waals surface area (Å²) in [5, 5.41) is 0. The molecular weight excluding hydrogens is 262 g/mol. The maximum atomic E-state index is 5.62. The second-order valence-corrected chi connectivity index (χ2v) is 4.78. The summed E-state index contributed by atoms with van der Waals surface area (Å²) in [6.07, 6.45) is 0. The van der Waals surface area contributed by atoms with Gasteiger partial charge in [0.2, 0.25) is 0 Å². The second kappa shape index (κ2) is 4.81. The summed E-state index contributed by atoms with van der Waals surface area (Å²) in [6.45, 7) is 2.72. The molecule has 0 saturated carbocycles. The van der Waals surface area contributed by atoms with Crippen LogP contribution in [-0.2, 0) is 6.54 Å². The average Bonchev–Trinajstić information content (AvgIpc) is 2.30. The Labute approximate surface area is 104 Å². The van der Waals surface area contributed by atoms with Crippen molar-refractivity contribution in [3.63, 3.8) is 0 Å². The average molecular weight is 276 g/mol. The molecule has 0 aromatic heterocycles. The fourth-order valence-electron chi connectivity index (χ4n) is 1.81. The summed E-state index contributed by atoms with van der Waals surface area (Å²) >= 11 is 3.44. The van der Waals surface area contributed by atoms with Crippen molar-refractivity contribution in [3.05, 3.63) is 58.1 Å². The number of benzene rings is 2. The number of nitrogens with two attached hydrogens (primary N) is 1. The molecule has 0 spiro atoms. The molecule has 0 bridgehead atoms. The molecule has 0 heterocycles. The maximum Gasteiger partial charge on any atom is 0.0178 e. The zero-order valence-corrected chi connectivity index (χ0v) is 10.8. The molecule has 2 aromatic carbocycles. The number of halogens is 1. The summed E-state index contributed by atoms with van der Waals surface area (Å²) in [4.78, 5) is 0. The standard InChI is InChI=1S/C14H14BrN/c1-10-8-11(9-16)2-7-14(10)12-3-5-13(15)6-4-12/h2-8H,9,16H2,1H3. The minimum absolute atomic E-state index is 0.599. The first-order chi connectivity index (χ1) is 7.70. The van der Waals surface area contributed by atoms with E-state index in [1.807, 2.05) is 0 Å². The van der Waals surface area contributed by atoms with Crippen LogP contribution in [0.2, 0.25) is 0 Å². The van der Waals surface area contributed by atoms with Crippen molar-refractivity contribution >= 4 is 15.9 Å². The van der Waals surface area contributed by atoms with E-state index in [0.29, 0.717) is 6.54 Å². The van der Waals surface area contributed by atoms with Gasteiger partial charge in [0.25, 0.3) is 0 Å². The molecule has 2 rings (SSSR count). The molecule has 0 aliphatic rings. The molecule has 2 N–H and O–H groups in total. The van der Waals surface area contributed by atoms with Gasteiger partial charge in [0.05, 0.1) is 0 Å². The molecular formula is C14H14BrN. The van der Waals surface area contributed by atoms with Gasteiger partial charge in [0.1, 0.15) is 0 Å². The van der Waals surface area contributed by atoms with E-state index in [4.69, 9.17) is 5.73 Å². The zero-order valence-electron chi connectivity index (χ0n) is 9.20. The summed E-state index contributed by atoms with van der Waals surface area (Å²) in [5.74, 6) is 0. The Morgan fingerprint density at radius 3 is 2.31 bits per heavy atom. The van der Waals surface area contributed by atoms with Crippen LogP contribution in [-0.4, -0.2) is 0 Å². The monoisotopic (exact) mass is 275 g/mol. The first-order valence-corrected chi connectivity index (χ1v) is 6.05. The lowest BCUT2D eigenvalue weighted by atomic mass is 9.98. The molecule has 16 heavy (non-hydrogen) atoms. The molecule has 0 radical (unpaired) electrons. The van der Waals surface area contributed by atoms with Gasteiger partial charge in [0, 0.05) is 11.0 Å². The molecule has 0 aliphatic heterocycles. The highest BCUT2D eigenvalue weighted by Gasteiger charge is 2.02. The molecule has 82 valence electrons. The van der Waals surface area contributed by atoms with Gasteiger partial charge in [-0.3, -0.25) is 0 Å². The van der Waals surface area contributed by atoms with Crippen LogP contribution in [0.25, 0.3) is 11.1 Å². The van der Waals surface area contributed by atoms with Crippen molar-refractivity contribution in [2.45, 2.75) is 13.5 Å². The highest BCUT2D eigenvalue weighted by atomic mass is 79.9. The number of aryl methyl sites for hydroxylation is 1. The Morgan fingerprint density at radius 1 is 1.06 bits per heavy atom. The predicted octanol–water partition coefficient (Wildman–Crippen LogP) is 3.88. The van der Waals surface area contributed by atoms with Gasteiger partial charge in [-0.15, -0.1) is 0 Å². The topological polar surface area (TPSA) is 26.0 Å². The SMILES string of the molecule is Cc1cc(CN)ccc1-c1ccc(Br)cc1. The molecule has 0 aliphatic carbocycles. The van der Waals surface area contributed by atoms with Crippen LogP contribution in [0.15, 0.2) is 46.9 Å². The Hall–Kier alpha value is -1.12. The van der Waals surface area contributed by atoms with Crippen LogP contribution < -0.4 is 5.73 Å². The van der Waals surface area contributed by atoms with E-state index in [-0.39, 0.29) is 0 Å². The van der Waals surface area contributed by atoms with E-state index in [1.54, 1.807) is 0 Å². The van der Waals surface area contributed by atoms with Crippen molar-refractivity contribution in [3.8, 4) is 11.1 Å². The summed E-state index contributed by atoms with van der Waals surface area (Å²) in [5.41, 5.74) is 10.6. The third kappa shape index (κ3) is 2.34. The van der Waals surface area contributed by atoms with E-state index in [0.717, 1.165) is 4.47 Å². The molecule has 0 atom stereocenters. The summed E-state index contributed by atoms with van der Waals surface area (Å²) in [6, 6.07) is 14.7. The normalized spacial score (nSPS) is 10.4. The smallest absolute Gasteiger partial charge is 0.0178 e. The summed E-state index contributed by atoms with van der Waals surface area (Å²) in [7, 11) is 0. The van der Waals surface area contributed by atoms with Gasteiger partial charge in [-0.1, -0.05) is 46.3 Å². The molecule has 0 unspecified atom stereocenters. The predicted molar refractivity (Wildman–Crippen MR) is 72.2 cm³/mol. The lowest BCUT2D eigenvalue weighted by Crippen LogP contribution is -1.96. The number of rotatable bonds is 2. The third-order valence-electron chi connectivity index (χ3n) is 2.68. The minimum atomic E-state index is 0.599. The van der Waals surface area contributed by atoms with Gasteiger partial charge >= 0.3 is 0 Å². The van der Waals surface area contributed by atoms with Crippen molar-refractivity contribution in [1.29, 1.82) is 0 Å². The van der Waals surface area contributed by atoms with Crippen LogP contribution in [0.5, 0.6) is 0 Å². The Kier molecular flexibility index (Phi) is 3.42. The molecule has 0 saturated heterocycles. The first-order valence-electron chi connectivity index (χ1n) is 5.26. The second-order valence-electron chi connectivity index (χ2n) is 3.86. The number of hydrogen-bond donors (Lipinski definition) is 1. The zero-order chi connectivity index (χ0) is 11.5. The van der Waals surface area contributed by atoms with E-state index in [9.17, 15) is 0 Å². The van der Waals surface area contributed by atoms with Crippen molar-refractivity contribution in [2.24, 2.45) is 5.73 Å². The lowest BCUT2D eigenvalue weighted by Gasteiger charge is -2.08. The van der Waals surface area contributed by atoms with E-state index in [1.165, 1.54) is 22.3 Å². The van der Waals surface area contributed by atoms with E-state index in [2.05, 4.69) is 65.3 Å². The fourth-order valence-corrected chi connectivity index (χ4v) is 2.07. The van der Waals surface area contributed by atoms with Gasteiger partial charge in [-0.05, 0) is 41.3 Å². The van der Waals surface area contributed by atoms with Crippen LogP contribution in [0.4, 0.5) is 0 Å². The third-order valence-corrected chi connectivity index (χ3v) is 3.21. The van der Waals surface area contributed by atoms with Crippen LogP contribution in [0, 0.1) is 6.92 Å². The Bertz CT molecular complexity index is 489. The number of hydrogen-bond acceptors (Lipinski definition) is 1. The van der Waals surface area contributed by atoms with Gasteiger partial charge in [-0.25, -0.2) is 0 Å². The maximum absolute atomic E-state index is 5.62. The molecule has 1 nitrogen and oxygen atoms in total. The van der Waals surface area contributed by atoms with Crippen LogP contribution in [0.3, 0.4) is 0 Å². The molecule has 0 amide bonds. The first kappa shape index (κ1) is 11.4. The van der Waals surface area contributed by atoms with Gasteiger partial charge < -0.3 is 5.73 Å². The highest BCUT2D eigenvalue weighted by molar-refractivity contribution is 9.10. The fraction of sp³-hybridized carbons (Fsp3) is 0.143. The van der Waals surface area contributed by atoms with Gasteiger partial charge in [0.15, 0.2) is 0 Å². The quantitative estimate of drug-likeness (QED) is 0.885. The van der Waals surface area contributed by atoms with E-state index >= 15 is 0 Å². The van der Waals surface area contributed by atoms with E-state index < -0.39 is 0 Å². The van der Waals surface area contributed by atoms with Crippen molar-refractivity contribution in [1.82, 2.24) is 0 Å². The van der Waals surface area contributed by atoms with Crippen molar-refractivity contribution in [2.75, 3.05) is 0 Å². The van der Waals surface area contributed by atoms with Crippen LogP contribution >= 0.6 is 15.9 Å². The van der Waals surface area contributed by atoms with Gasteiger partial charge in [-0.2, -0.15) is 0 Å².